The Bertz CT molecular complexity index is 172. The maximum Gasteiger partial charge on any atom is 0.00697 e. The van der Waals surface area contributed by atoms with Gasteiger partial charge in [0.15, 0.2) is 0 Å². The molecule has 3 unspecified atom stereocenters. The average molecular weight is 209 g/mol. The zero-order valence-corrected chi connectivity index (χ0v) is 10.3. The van der Waals surface area contributed by atoms with Crippen LogP contribution in [-0.4, -0.2) is 12.6 Å². The Hall–Kier alpha value is -0.0400. The fourth-order valence-corrected chi connectivity index (χ4v) is 3.51. The highest BCUT2D eigenvalue weighted by molar-refractivity contribution is 4.79. The second kappa shape index (κ2) is 5.89. The molecular weight excluding hydrogens is 182 g/mol. The zero-order chi connectivity index (χ0) is 10.5. The highest BCUT2D eigenvalue weighted by atomic mass is 14.9. The summed E-state index contributed by atoms with van der Waals surface area (Å²) in [6.07, 6.45) is 13.2. The minimum absolute atomic E-state index is 0.861. The fraction of sp³-hybridized carbons (Fsp3) is 1.00. The van der Waals surface area contributed by atoms with Crippen LogP contribution < -0.4 is 5.32 Å². The molecule has 2 rings (SSSR count). The normalized spacial score (nSPS) is 37.8. The Kier molecular flexibility index (Phi) is 4.49. The summed E-state index contributed by atoms with van der Waals surface area (Å²) in [5, 5.41) is 3.70. The summed E-state index contributed by atoms with van der Waals surface area (Å²) in [4.78, 5) is 0. The van der Waals surface area contributed by atoms with Crippen molar-refractivity contribution >= 4 is 0 Å². The van der Waals surface area contributed by atoms with Gasteiger partial charge in [0.05, 0.1) is 0 Å². The lowest BCUT2D eigenvalue weighted by molar-refractivity contribution is 0.219. The van der Waals surface area contributed by atoms with E-state index in [1.165, 1.54) is 64.3 Å². The van der Waals surface area contributed by atoms with Crippen molar-refractivity contribution in [1.82, 2.24) is 5.32 Å². The first-order chi connectivity index (χ1) is 7.38. The Morgan fingerprint density at radius 1 is 1.00 bits per heavy atom. The predicted molar refractivity (Wildman–Crippen MR) is 66.0 cm³/mol. The quantitative estimate of drug-likeness (QED) is 0.746. The molecule has 1 N–H and O–H groups in total. The van der Waals surface area contributed by atoms with Gasteiger partial charge in [-0.05, 0) is 44.1 Å². The van der Waals surface area contributed by atoms with Gasteiger partial charge in [-0.2, -0.15) is 0 Å². The van der Waals surface area contributed by atoms with Crippen LogP contribution in [0.2, 0.25) is 0 Å². The van der Waals surface area contributed by atoms with E-state index in [1.807, 2.05) is 0 Å². The highest BCUT2D eigenvalue weighted by Gasteiger charge is 2.24. The molecule has 0 radical (unpaired) electrons. The van der Waals surface area contributed by atoms with Crippen molar-refractivity contribution in [1.29, 1.82) is 0 Å². The van der Waals surface area contributed by atoms with Crippen molar-refractivity contribution in [3.8, 4) is 0 Å². The molecule has 0 aromatic rings. The van der Waals surface area contributed by atoms with Gasteiger partial charge in [0.1, 0.15) is 0 Å². The number of rotatable bonds is 3. The minimum atomic E-state index is 0.861. The Morgan fingerprint density at radius 3 is 2.60 bits per heavy atom. The molecule has 88 valence electrons. The molecule has 1 saturated carbocycles. The molecule has 2 fully saturated rings. The number of nitrogens with one attached hydrogen (secondary N) is 1. The van der Waals surface area contributed by atoms with Crippen molar-refractivity contribution in [2.75, 3.05) is 6.54 Å². The molecule has 0 aromatic heterocycles. The largest absolute Gasteiger partial charge is 0.314 e. The molecule has 0 amide bonds. The third-order valence-corrected chi connectivity index (χ3v) is 4.50. The van der Waals surface area contributed by atoms with Gasteiger partial charge in [0.2, 0.25) is 0 Å². The van der Waals surface area contributed by atoms with Gasteiger partial charge in [-0.1, -0.05) is 39.0 Å². The first-order valence-electron chi connectivity index (χ1n) is 7.12. The lowest BCUT2D eigenvalue weighted by Gasteiger charge is -2.33. The molecule has 15 heavy (non-hydrogen) atoms. The van der Waals surface area contributed by atoms with Gasteiger partial charge in [0.25, 0.3) is 0 Å². The number of hydrogen-bond donors (Lipinski definition) is 1. The second-order valence-electron chi connectivity index (χ2n) is 5.69. The predicted octanol–water partition coefficient (Wildman–Crippen LogP) is 3.74. The van der Waals surface area contributed by atoms with Crippen LogP contribution in [0.25, 0.3) is 0 Å². The first kappa shape index (κ1) is 11.4. The van der Waals surface area contributed by atoms with E-state index in [-0.39, 0.29) is 0 Å². The molecule has 2 aliphatic rings. The van der Waals surface area contributed by atoms with E-state index >= 15 is 0 Å². The van der Waals surface area contributed by atoms with Gasteiger partial charge in [0, 0.05) is 6.04 Å². The van der Waals surface area contributed by atoms with Crippen LogP contribution in [0.1, 0.15) is 64.7 Å². The summed E-state index contributed by atoms with van der Waals surface area (Å²) < 4.78 is 0. The van der Waals surface area contributed by atoms with E-state index in [2.05, 4.69) is 12.2 Å². The number of piperidine rings is 1. The Labute approximate surface area is 95.0 Å². The van der Waals surface area contributed by atoms with Crippen LogP contribution in [0, 0.1) is 11.8 Å². The highest BCUT2D eigenvalue weighted by Crippen LogP contribution is 2.34. The third kappa shape index (κ3) is 3.48. The van der Waals surface area contributed by atoms with Crippen LogP contribution in [0.3, 0.4) is 0 Å². The van der Waals surface area contributed by atoms with Crippen molar-refractivity contribution < 1.29 is 0 Å². The third-order valence-electron chi connectivity index (χ3n) is 4.50. The van der Waals surface area contributed by atoms with Crippen LogP contribution in [0.5, 0.6) is 0 Å². The van der Waals surface area contributed by atoms with E-state index in [0.717, 1.165) is 17.9 Å². The summed E-state index contributed by atoms with van der Waals surface area (Å²) in [7, 11) is 0. The van der Waals surface area contributed by atoms with Crippen LogP contribution >= 0.6 is 0 Å². The Balaban J connectivity index is 1.72. The van der Waals surface area contributed by atoms with Gasteiger partial charge >= 0.3 is 0 Å². The van der Waals surface area contributed by atoms with E-state index in [4.69, 9.17) is 0 Å². The van der Waals surface area contributed by atoms with Gasteiger partial charge in [-0.25, -0.2) is 0 Å². The lowest BCUT2D eigenvalue weighted by atomic mass is 9.77. The second-order valence-corrected chi connectivity index (χ2v) is 5.69. The minimum Gasteiger partial charge on any atom is -0.314 e. The summed E-state index contributed by atoms with van der Waals surface area (Å²) in [6.45, 7) is 3.64. The molecule has 0 aromatic carbocycles. The van der Waals surface area contributed by atoms with Gasteiger partial charge in [-0.3, -0.25) is 0 Å². The monoisotopic (exact) mass is 209 g/mol. The van der Waals surface area contributed by atoms with Crippen molar-refractivity contribution in [2.24, 2.45) is 11.8 Å². The zero-order valence-electron chi connectivity index (χ0n) is 10.3. The van der Waals surface area contributed by atoms with Gasteiger partial charge < -0.3 is 5.32 Å². The number of hydrogen-bond acceptors (Lipinski definition) is 1. The smallest absolute Gasteiger partial charge is 0.00697 e. The Morgan fingerprint density at radius 2 is 1.87 bits per heavy atom. The molecule has 3 atom stereocenters. The van der Waals surface area contributed by atoms with Crippen molar-refractivity contribution in [3.63, 3.8) is 0 Å². The van der Waals surface area contributed by atoms with E-state index in [9.17, 15) is 0 Å². The average Bonchev–Trinajstić information content (AvgIpc) is 2.31. The maximum absolute atomic E-state index is 3.70. The van der Waals surface area contributed by atoms with Crippen LogP contribution in [0.4, 0.5) is 0 Å². The summed E-state index contributed by atoms with van der Waals surface area (Å²) >= 11 is 0. The topological polar surface area (TPSA) is 12.0 Å². The van der Waals surface area contributed by atoms with Crippen molar-refractivity contribution in [2.45, 2.75) is 70.8 Å². The van der Waals surface area contributed by atoms with Crippen LogP contribution in [0.15, 0.2) is 0 Å². The molecule has 1 nitrogen and oxygen atoms in total. The summed E-state index contributed by atoms with van der Waals surface area (Å²) in [5.41, 5.74) is 0. The van der Waals surface area contributed by atoms with Crippen molar-refractivity contribution in [3.05, 3.63) is 0 Å². The molecule has 1 heterocycles. The SMILES string of the molecule is CCC1CCCC(CC2CCCCN2)C1. The fourth-order valence-electron chi connectivity index (χ4n) is 3.51. The van der Waals surface area contributed by atoms with Crippen LogP contribution in [-0.2, 0) is 0 Å². The lowest BCUT2D eigenvalue weighted by Crippen LogP contribution is -2.36. The standard InChI is InChI=1S/C14H27N/c1-2-12-6-5-7-13(10-12)11-14-8-3-4-9-15-14/h12-15H,2-11H2,1H3. The molecular formula is C14H27N. The summed E-state index contributed by atoms with van der Waals surface area (Å²) in [6, 6.07) is 0.861. The molecule has 1 saturated heterocycles. The maximum atomic E-state index is 3.70. The van der Waals surface area contributed by atoms with Gasteiger partial charge in [-0.15, -0.1) is 0 Å². The van der Waals surface area contributed by atoms with E-state index in [0.29, 0.717) is 0 Å². The molecule has 0 bridgehead atoms. The molecule has 1 aliphatic carbocycles. The molecule has 0 spiro atoms. The molecule has 1 heteroatoms. The summed E-state index contributed by atoms with van der Waals surface area (Å²) in [5.74, 6) is 2.09. The first-order valence-corrected chi connectivity index (χ1v) is 7.12. The van der Waals surface area contributed by atoms with E-state index < -0.39 is 0 Å². The van der Waals surface area contributed by atoms with E-state index in [1.54, 1.807) is 0 Å². The molecule has 1 aliphatic heterocycles.